The average molecular weight is 243 g/mol. The van der Waals surface area contributed by atoms with E-state index in [1.54, 1.807) is 5.56 Å². The minimum atomic E-state index is 0.476. The molecule has 0 radical (unpaired) electrons. The lowest BCUT2D eigenvalue weighted by Crippen LogP contribution is -2.20. The summed E-state index contributed by atoms with van der Waals surface area (Å²) in [4.78, 5) is 0. The third-order valence-corrected chi connectivity index (χ3v) is 5.14. The Balaban J connectivity index is 1.72. The van der Waals surface area contributed by atoms with Crippen molar-refractivity contribution < 1.29 is 0 Å². The van der Waals surface area contributed by atoms with Crippen LogP contribution < -0.4 is 5.32 Å². The highest BCUT2D eigenvalue weighted by atomic mass is 15.0. The fraction of sp³-hybridized carbons (Fsp3) is 0.647. The SMILES string of the molecule is Cc1ccc(C2C(CNC3CC3)C2(C)C)cc1C. The Morgan fingerprint density at radius 3 is 2.50 bits per heavy atom. The summed E-state index contributed by atoms with van der Waals surface area (Å²) < 4.78 is 0. The molecular formula is C17H25N. The molecule has 1 heteroatoms. The van der Waals surface area contributed by atoms with Crippen LogP contribution >= 0.6 is 0 Å². The van der Waals surface area contributed by atoms with Crippen molar-refractivity contribution >= 4 is 0 Å². The molecule has 3 rings (SSSR count). The molecule has 1 N–H and O–H groups in total. The first-order valence-electron chi connectivity index (χ1n) is 7.30. The summed E-state index contributed by atoms with van der Waals surface area (Å²) in [6.45, 7) is 10.5. The highest BCUT2D eigenvalue weighted by Crippen LogP contribution is 2.64. The van der Waals surface area contributed by atoms with E-state index in [9.17, 15) is 0 Å². The minimum Gasteiger partial charge on any atom is -0.314 e. The van der Waals surface area contributed by atoms with Gasteiger partial charge in [0.2, 0.25) is 0 Å². The lowest BCUT2D eigenvalue weighted by molar-refractivity contribution is 0.517. The monoisotopic (exact) mass is 243 g/mol. The maximum atomic E-state index is 3.70. The quantitative estimate of drug-likeness (QED) is 0.848. The second kappa shape index (κ2) is 4.09. The van der Waals surface area contributed by atoms with Crippen LogP contribution in [0.5, 0.6) is 0 Å². The molecule has 0 spiro atoms. The summed E-state index contributed by atoms with van der Waals surface area (Å²) in [5.41, 5.74) is 4.86. The largest absolute Gasteiger partial charge is 0.314 e. The third-order valence-electron chi connectivity index (χ3n) is 5.14. The van der Waals surface area contributed by atoms with Crippen LogP contribution in [0.15, 0.2) is 18.2 Å². The zero-order chi connectivity index (χ0) is 12.9. The molecule has 2 atom stereocenters. The number of rotatable bonds is 4. The van der Waals surface area contributed by atoms with Crippen molar-refractivity contribution in [3.8, 4) is 0 Å². The fourth-order valence-corrected chi connectivity index (χ4v) is 3.33. The predicted octanol–water partition coefficient (Wildman–Crippen LogP) is 3.80. The zero-order valence-corrected chi connectivity index (χ0v) is 12.1. The van der Waals surface area contributed by atoms with Gasteiger partial charge in [-0.2, -0.15) is 0 Å². The topological polar surface area (TPSA) is 12.0 Å². The van der Waals surface area contributed by atoms with Crippen molar-refractivity contribution in [3.05, 3.63) is 34.9 Å². The smallest absolute Gasteiger partial charge is 0.00683 e. The molecule has 98 valence electrons. The summed E-state index contributed by atoms with van der Waals surface area (Å²) in [6, 6.07) is 7.86. The van der Waals surface area contributed by atoms with Gasteiger partial charge in [-0.25, -0.2) is 0 Å². The van der Waals surface area contributed by atoms with E-state index in [1.165, 1.54) is 30.5 Å². The standard InChI is InChI=1S/C17H25N/c1-11-5-6-13(9-12(11)2)16-15(17(16,3)4)10-18-14-7-8-14/h5-6,9,14-16,18H,7-8,10H2,1-4H3. The van der Waals surface area contributed by atoms with Crippen LogP contribution in [0.1, 0.15) is 49.3 Å². The van der Waals surface area contributed by atoms with E-state index >= 15 is 0 Å². The summed E-state index contributed by atoms with van der Waals surface area (Å²) in [7, 11) is 0. The highest BCUT2D eigenvalue weighted by molar-refractivity contribution is 5.37. The fourth-order valence-electron chi connectivity index (χ4n) is 3.33. The van der Waals surface area contributed by atoms with Crippen molar-refractivity contribution in [2.24, 2.45) is 11.3 Å². The number of benzene rings is 1. The van der Waals surface area contributed by atoms with Gasteiger partial charge in [-0.15, -0.1) is 0 Å². The molecule has 2 unspecified atom stereocenters. The molecule has 0 saturated heterocycles. The van der Waals surface area contributed by atoms with Gasteiger partial charge in [0, 0.05) is 6.04 Å². The molecule has 18 heavy (non-hydrogen) atoms. The number of hydrogen-bond donors (Lipinski definition) is 1. The van der Waals surface area contributed by atoms with Crippen molar-refractivity contribution in [1.29, 1.82) is 0 Å². The van der Waals surface area contributed by atoms with E-state index in [1.807, 2.05) is 0 Å². The number of aryl methyl sites for hydroxylation is 2. The van der Waals surface area contributed by atoms with Crippen LogP contribution in [0, 0.1) is 25.2 Å². The number of hydrogen-bond acceptors (Lipinski definition) is 1. The molecular weight excluding hydrogens is 218 g/mol. The molecule has 1 nitrogen and oxygen atoms in total. The molecule has 0 heterocycles. The lowest BCUT2D eigenvalue weighted by atomic mass is 9.99. The van der Waals surface area contributed by atoms with Gasteiger partial charge in [0.25, 0.3) is 0 Å². The number of nitrogens with one attached hydrogen (secondary N) is 1. The van der Waals surface area contributed by atoms with E-state index in [0.717, 1.165) is 17.9 Å². The molecule has 2 saturated carbocycles. The van der Waals surface area contributed by atoms with Crippen LogP contribution in [0.3, 0.4) is 0 Å². The van der Waals surface area contributed by atoms with Gasteiger partial charge in [0.05, 0.1) is 0 Å². The first-order chi connectivity index (χ1) is 8.50. The minimum absolute atomic E-state index is 0.476. The van der Waals surface area contributed by atoms with Gasteiger partial charge >= 0.3 is 0 Å². The summed E-state index contributed by atoms with van der Waals surface area (Å²) in [6.07, 6.45) is 2.78. The molecule has 0 aromatic heterocycles. The van der Waals surface area contributed by atoms with Gasteiger partial charge in [0.15, 0.2) is 0 Å². The van der Waals surface area contributed by atoms with Gasteiger partial charge in [-0.3, -0.25) is 0 Å². The van der Waals surface area contributed by atoms with E-state index in [4.69, 9.17) is 0 Å². The molecule has 0 amide bonds. The average Bonchev–Trinajstić information content (AvgIpc) is 3.18. The lowest BCUT2D eigenvalue weighted by Gasteiger charge is -2.06. The van der Waals surface area contributed by atoms with Gasteiger partial charge in [-0.1, -0.05) is 32.0 Å². The first-order valence-corrected chi connectivity index (χ1v) is 7.30. The van der Waals surface area contributed by atoms with Crippen molar-refractivity contribution in [1.82, 2.24) is 5.32 Å². The highest BCUT2D eigenvalue weighted by Gasteiger charge is 2.57. The Kier molecular flexibility index (Phi) is 2.78. The van der Waals surface area contributed by atoms with Crippen LogP contribution in [0.4, 0.5) is 0 Å². The Labute approximate surface area is 111 Å². The van der Waals surface area contributed by atoms with Gasteiger partial charge in [-0.05, 0) is 67.2 Å². The van der Waals surface area contributed by atoms with Gasteiger partial charge in [0.1, 0.15) is 0 Å². The third kappa shape index (κ3) is 2.09. The molecule has 2 aliphatic rings. The Morgan fingerprint density at radius 2 is 1.89 bits per heavy atom. The molecule has 2 aliphatic carbocycles. The second-order valence-electron chi connectivity index (χ2n) is 6.93. The van der Waals surface area contributed by atoms with Crippen molar-refractivity contribution in [3.63, 3.8) is 0 Å². The van der Waals surface area contributed by atoms with Crippen LogP contribution in [-0.2, 0) is 0 Å². The van der Waals surface area contributed by atoms with Crippen LogP contribution in [0.2, 0.25) is 0 Å². The molecule has 1 aromatic rings. The van der Waals surface area contributed by atoms with E-state index in [2.05, 4.69) is 51.2 Å². The Morgan fingerprint density at radius 1 is 1.17 bits per heavy atom. The summed E-state index contributed by atoms with van der Waals surface area (Å²) in [5.74, 6) is 1.57. The van der Waals surface area contributed by atoms with E-state index in [0.29, 0.717) is 5.41 Å². The summed E-state index contributed by atoms with van der Waals surface area (Å²) >= 11 is 0. The van der Waals surface area contributed by atoms with Crippen LogP contribution in [-0.4, -0.2) is 12.6 Å². The Bertz CT molecular complexity index is 457. The summed E-state index contributed by atoms with van der Waals surface area (Å²) in [5, 5.41) is 3.70. The van der Waals surface area contributed by atoms with E-state index < -0.39 is 0 Å². The maximum absolute atomic E-state index is 3.70. The molecule has 0 bridgehead atoms. The zero-order valence-electron chi connectivity index (χ0n) is 12.1. The van der Waals surface area contributed by atoms with Crippen molar-refractivity contribution in [2.45, 2.75) is 52.5 Å². The Hall–Kier alpha value is -0.820. The van der Waals surface area contributed by atoms with Gasteiger partial charge < -0.3 is 5.32 Å². The molecule has 1 aromatic carbocycles. The molecule has 2 fully saturated rings. The first kappa shape index (κ1) is 12.2. The normalized spacial score (nSPS) is 29.3. The maximum Gasteiger partial charge on any atom is 0.00683 e. The molecule has 0 aliphatic heterocycles. The predicted molar refractivity (Wildman–Crippen MR) is 77.0 cm³/mol. The van der Waals surface area contributed by atoms with E-state index in [-0.39, 0.29) is 0 Å². The van der Waals surface area contributed by atoms with Crippen molar-refractivity contribution in [2.75, 3.05) is 6.54 Å². The second-order valence-corrected chi connectivity index (χ2v) is 6.93. The van der Waals surface area contributed by atoms with Crippen LogP contribution in [0.25, 0.3) is 0 Å².